The Bertz CT molecular complexity index is 1140. The zero-order chi connectivity index (χ0) is 20.4. The van der Waals surface area contributed by atoms with Crippen LogP contribution in [0.2, 0.25) is 0 Å². The topological polar surface area (TPSA) is 90.6 Å². The molecule has 1 unspecified atom stereocenters. The minimum absolute atomic E-state index is 0.0517. The van der Waals surface area contributed by atoms with Crippen molar-refractivity contribution in [2.24, 2.45) is 5.10 Å². The first-order valence-corrected chi connectivity index (χ1v) is 8.89. The van der Waals surface area contributed by atoms with Gasteiger partial charge < -0.3 is 18.6 Å². The maximum atomic E-state index is 12.0. The molecule has 0 saturated carbocycles. The molecule has 1 atom stereocenters. The van der Waals surface area contributed by atoms with Gasteiger partial charge in [0.15, 0.2) is 6.61 Å². The fourth-order valence-corrected chi connectivity index (χ4v) is 2.99. The molecule has 0 aliphatic carbocycles. The zero-order valence-electron chi connectivity index (χ0n) is 15.8. The first-order valence-electron chi connectivity index (χ1n) is 8.89. The second-order valence-electron chi connectivity index (χ2n) is 6.32. The van der Waals surface area contributed by atoms with Crippen molar-refractivity contribution < 1.29 is 23.4 Å². The fraction of sp³-hybridized carbons (Fsp3) is 0.190. The van der Waals surface area contributed by atoms with Crippen molar-refractivity contribution in [2.45, 2.75) is 13.2 Å². The first-order chi connectivity index (χ1) is 14.0. The highest BCUT2D eigenvalue weighted by Crippen LogP contribution is 2.30. The lowest BCUT2D eigenvalue weighted by Crippen LogP contribution is -2.25. The quantitative estimate of drug-likeness (QED) is 0.618. The van der Waals surface area contributed by atoms with Crippen LogP contribution in [0.1, 0.15) is 18.7 Å². The van der Waals surface area contributed by atoms with Gasteiger partial charge in [-0.2, -0.15) is 5.01 Å². The van der Waals surface area contributed by atoms with E-state index in [-0.39, 0.29) is 18.4 Å². The second-order valence-corrected chi connectivity index (χ2v) is 6.32. The van der Waals surface area contributed by atoms with Crippen molar-refractivity contribution in [3.63, 3.8) is 0 Å². The lowest BCUT2D eigenvalue weighted by Gasteiger charge is -2.19. The molecule has 0 radical (unpaired) electrons. The van der Waals surface area contributed by atoms with E-state index in [0.717, 1.165) is 5.56 Å². The lowest BCUT2D eigenvalue weighted by atomic mass is 10.2. The van der Waals surface area contributed by atoms with Crippen LogP contribution in [0, 0.1) is 0 Å². The molecule has 0 spiro atoms. The van der Waals surface area contributed by atoms with Crippen LogP contribution in [0.5, 0.6) is 11.5 Å². The van der Waals surface area contributed by atoms with Crippen molar-refractivity contribution in [3.05, 3.63) is 70.6 Å². The Morgan fingerprint density at radius 2 is 1.93 bits per heavy atom. The number of nitrogens with zero attached hydrogens (tertiary/aromatic N) is 2. The maximum Gasteiger partial charge on any atom is 0.339 e. The molecule has 3 aromatic rings. The summed E-state index contributed by atoms with van der Waals surface area (Å²) in [4.78, 5) is 23.8. The maximum absolute atomic E-state index is 12.0. The average molecular weight is 394 g/mol. The Kier molecular flexibility index (Phi) is 4.90. The molecule has 0 saturated heterocycles. The molecule has 0 fully saturated rings. The van der Waals surface area contributed by atoms with Gasteiger partial charge in [-0.05, 0) is 36.4 Å². The molecule has 1 aromatic heterocycles. The molecule has 0 N–H and O–H groups in total. The molecule has 1 aliphatic heterocycles. The van der Waals surface area contributed by atoms with Crippen LogP contribution < -0.4 is 15.1 Å². The third kappa shape index (κ3) is 3.77. The largest absolute Gasteiger partial charge is 0.497 e. The summed E-state index contributed by atoms with van der Waals surface area (Å²) in [7, 11) is 1.58. The van der Waals surface area contributed by atoms with Gasteiger partial charge in [0, 0.05) is 12.5 Å². The van der Waals surface area contributed by atoms with Crippen LogP contribution in [-0.2, 0) is 9.53 Å². The molecular formula is C21H18N2O6. The minimum atomic E-state index is -0.699. The van der Waals surface area contributed by atoms with Gasteiger partial charge in [-0.15, -0.1) is 5.10 Å². The standard InChI is InChI=1S/C21H18N2O6/c1-13(24)23-21(14-7-9-15(26-2)10-8-14)29-19(22-23)12-27-18-11-20(25)28-17-6-4-3-5-16(17)18/h3-11,21H,12H2,1-2H3. The Morgan fingerprint density at radius 1 is 1.17 bits per heavy atom. The molecule has 0 bridgehead atoms. The normalized spacial score (nSPS) is 15.7. The van der Waals surface area contributed by atoms with Crippen molar-refractivity contribution >= 4 is 22.8 Å². The number of fused-ring (bicyclic) bond motifs is 1. The molecule has 2 heterocycles. The number of ether oxygens (including phenoxy) is 3. The molecule has 4 rings (SSSR count). The van der Waals surface area contributed by atoms with Gasteiger partial charge in [0.1, 0.15) is 17.1 Å². The summed E-state index contributed by atoms with van der Waals surface area (Å²) < 4.78 is 21.9. The average Bonchev–Trinajstić information content (AvgIpc) is 3.16. The van der Waals surface area contributed by atoms with Crippen molar-refractivity contribution in [2.75, 3.05) is 13.7 Å². The molecule has 1 aliphatic rings. The summed E-state index contributed by atoms with van der Waals surface area (Å²) in [5, 5.41) is 6.13. The number of carbonyl (C=O) groups is 1. The van der Waals surface area contributed by atoms with E-state index in [4.69, 9.17) is 18.6 Å². The van der Waals surface area contributed by atoms with Crippen molar-refractivity contribution in [3.8, 4) is 11.5 Å². The number of hydrazone groups is 1. The van der Waals surface area contributed by atoms with Gasteiger partial charge in [-0.25, -0.2) is 4.79 Å². The van der Waals surface area contributed by atoms with Crippen LogP contribution in [0.15, 0.2) is 68.9 Å². The summed E-state index contributed by atoms with van der Waals surface area (Å²) in [5.41, 5.74) is 0.644. The highest BCUT2D eigenvalue weighted by molar-refractivity contribution is 5.85. The Hall–Kier alpha value is -3.81. The number of benzene rings is 2. The number of amides is 1. The number of hydrogen-bond acceptors (Lipinski definition) is 7. The second kappa shape index (κ2) is 7.67. The molecule has 2 aromatic carbocycles. The van der Waals surface area contributed by atoms with E-state index in [1.165, 1.54) is 18.0 Å². The highest BCUT2D eigenvalue weighted by atomic mass is 16.6. The molecule has 1 amide bonds. The van der Waals surface area contributed by atoms with E-state index in [2.05, 4.69) is 5.10 Å². The van der Waals surface area contributed by atoms with Gasteiger partial charge in [0.2, 0.25) is 18.0 Å². The Balaban J connectivity index is 1.54. The van der Waals surface area contributed by atoms with E-state index in [1.807, 2.05) is 6.07 Å². The summed E-state index contributed by atoms with van der Waals surface area (Å²) in [6.45, 7) is 1.35. The fourth-order valence-electron chi connectivity index (χ4n) is 2.99. The number of carbonyl (C=O) groups excluding carboxylic acids is 1. The Labute approximate surface area is 165 Å². The SMILES string of the molecule is COc1ccc(C2OC(COc3cc(=O)oc4ccccc34)=NN2C(C)=O)cc1. The number of methoxy groups -OCH3 is 1. The van der Waals surface area contributed by atoms with Crippen LogP contribution in [0.25, 0.3) is 11.0 Å². The van der Waals surface area contributed by atoms with E-state index in [1.54, 1.807) is 49.6 Å². The van der Waals surface area contributed by atoms with Crippen LogP contribution in [-0.4, -0.2) is 30.5 Å². The van der Waals surface area contributed by atoms with Gasteiger partial charge in [-0.3, -0.25) is 4.79 Å². The molecule has 8 heteroatoms. The highest BCUT2D eigenvalue weighted by Gasteiger charge is 2.32. The van der Waals surface area contributed by atoms with E-state index in [0.29, 0.717) is 22.5 Å². The van der Waals surface area contributed by atoms with E-state index < -0.39 is 11.9 Å². The van der Waals surface area contributed by atoms with Gasteiger partial charge in [0.05, 0.1) is 18.6 Å². The van der Waals surface area contributed by atoms with Crippen LogP contribution >= 0.6 is 0 Å². The zero-order valence-corrected chi connectivity index (χ0v) is 15.8. The van der Waals surface area contributed by atoms with E-state index in [9.17, 15) is 9.59 Å². The van der Waals surface area contributed by atoms with Gasteiger partial charge in [-0.1, -0.05) is 12.1 Å². The number of para-hydroxylation sites is 1. The summed E-state index contributed by atoms with van der Waals surface area (Å²) in [5.74, 6) is 0.996. The minimum Gasteiger partial charge on any atom is -0.497 e. The molecule has 29 heavy (non-hydrogen) atoms. The predicted molar refractivity (Wildman–Crippen MR) is 105 cm³/mol. The molecule has 148 valence electrons. The first kappa shape index (κ1) is 18.5. The van der Waals surface area contributed by atoms with Crippen LogP contribution in [0.3, 0.4) is 0 Å². The van der Waals surface area contributed by atoms with Gasteiger partial charge in [0.25, 0.3) is 0 Å². The molecule has 8 nitrogen and oxygen atoms in total. The third-order valence-corrected chi connectivity index (χ3v) is 4.38. The third-order valence-electron chi connectivity index (χ3n) is 4.38. The summed E-state index contributed by atoms with van der Waals surface area (Å²) in [6.07, 6.45) is -0.699. The monoisotopic (exact) mass is 394 g/mol. The van der Waals surface area contributed by atoms with Gasteiger partial charge >= 0.3 is 5.63 Å². The predicted octanol–water partition coefficient (Wildman–Crippen LogP) is 3.07. The lowest BCUT2D eigenvalue weighted by molar-refractivity contribution is -0.135. The van der Waals surface area contributed by atoms with Crippen molar-refractivity contribution in [1.29, 1.82) is 0 Å². The van der Waals surface area contributed by atoms with E-state index >= 15 is 0 Å². The molecular weight excluding hydrogens is 376 g/mol. The number of rotatable bonds is 5. The smallest absolute Gasteiger partial charge is 0.339 e. The Morgan fingerprint density at radius 3 is 2.66 bits per heavy atom. The number of hydrogen-bond donors (Lipinski definition) is 0. The summed E-state index contributed by atoms with van der Waals surface area (Å²) >= 11 is 0. The van der Waals surface area contributed by atoms with Crippen LogP contribution in [0.4, 0.5) is 0 Å². The van der Waals surface area contributed by atoms with Crippen molar-refractivity contribution in [1.82, 2.24) is 5.01 Å². The summed E-state index contributed by atoms with van der Waals surface area (Å²) in [6, 6.07) is 15.5.